The number of anilines is 1. The predicted molar refractivity (Wildman–Crippen MR) is 70.1 cm³/mol. The highest BCUT2D eigenvalue weighted by molar-refractivity contribution is 7.17. The number of aromatic nitrogens is 1. The molecule has 7 heteroatoms. The largest absolute Gasteiger partial charge is 0.477 e. The van der Waals surface area contributed by atoms with E-state index >= 15 is 0 Å². The van der Waals surface area contributed by atoms with Crippen LogP contribution in [0.5, 0.6) is 0 Å². The van der Waals surface area contributed by atoms with Gasteiger partial charge in [-0.1, -0.05) is 11.3 Å². The van der Waals surface area contributed by atoms with Gasteiger partial charge in [-0.3, -0.25) is 4.79 Å². The zero-order valence-electron chi connectivity index (χ0n) is 10.6. The third-order valence-corrected chi connectivity index (χ3v) is 2.80. The molecule has 1 rings (SSSR count). The van der Waals surface area contributed by atoms with Gasteiger partial charge in [0, 0.05) is 18.5 Å². The van der Waals surface area contributed by atoms with Gasteiger partial charge in [-0.25, -0.2) is 9.78 Å². The summed E-state index contributed by atoms with van der Waals surface area (Å²) in [6, 6.07) is 0. The number of hydrogen-bond donors (Lipinski definition) is 3. The van der Waals surface area contributed by atoms with E-state index in [-0.39, 0.29) is 16.3 Å². The molecule has 0 saturated heterocycles. The van der Waals surface area contributed by atoms with Crippen LogP contribution < -0.4 is 10.6 Å². The number of carbonyl (C=O) groups excluding carboxylic acids is 1. The number of rotatable bonds is 5. The molecule has 1 amide bonds. The van der Waals surface area contributed by atoms with Crippen LogP contribution in [-0.4, -0.2) is 34.1 Å². The summed E-state index contributed by atoms with van der Waals surface area (Å²) in [5.74, 6) is -1.05. The Hall–Kier alpha value is -1.63. The number of carboxylic acids is 1. The number of aromatic carboxylic acids is 1. The Bertz CT molecular complexity index is 437. The molecule has 0 spiro atoms. The standard InChI is InChI=1S/C11H17N3O3S/c1-11(2,3)14-8(15)4-5-12-10-13-6-7(18-10)9(16)17/h6H,4-5H2,1-3H3,(H,12,13)(H,14,15)(H,16,17). The van der Waals surface area contributed by atoms with E-state index in [0.29, 0.717) is 18.1 Å². The SMILES string of the molecule is CC(C)(C)NC(=O)CCNc1ncc(C(=O)O)s1. The maximum absolute atomic E-state index is 11.5. The van der Waals surface area contributed by atoms with Gasteiger partial charge in [0.25, 0.3) is 0 Å². The molecule has 0 aliphatic heterocycles. The Labute approximate surface area is 109 Å². The normalized spacial score (nSPS) is 11.1. The van der Waals surface area contributed by atoms with Crippen LogP contribution >= 0.6 is 11.3 Å². The van der Waals surface area contributed by atoms with Gasteiger partial charge in [0.2, 0.25) is 5.91 Å². The second kappa shape index (κ2) is 5.81. The van der Waals surface area contributed by atoms with Crippen LogP contribution in [0.25, 0.3) is 0 Å². The summed E-state index contributed by atoms with van der Waals surface area (Å²) in [5.41, 5.74) is -0.241. The molecule has 18 heavy (non-hydrogen) atoms. The quantitative estimate of drug-likeness (QED) is 0.756. The number of amides is 1. The van der Waals surface area contributed by atoms with Crippen LogP contribution in [0.4, 0.5) is 5.13 Å². The molecule has 0 unspecified atom stereocenters. The Morgan fingerprint density at radius 3 is 2.61 bits per heavy atom. The zero-order chi connectivity index (χ0) is 13.8. The van der Waals surface area contributed by atoms with Gasteiger partial charge in [-0.15, -0.1) is 0 Å². The molecule has 1 aromatic rings. The van der Waals surface area contributed by atoms with Crippen LogP contribution in [0.2, 0.25) is 0 Å². The topological polar surface area (TPSA) is 91.3 Å². The monoisotopic (exact) mass is 271 g/mol. The van der Waals surface area contributed by atoms with Crippen LogP contribution in [0.15, 0.2) is 6.20 Å². The molecular weight excluding hydrogens is 254 g/mol. The maximum atomic E-state index is 11.5. The van der Waals surface area contributed by atoms with Crippen molar-refractivity contribution < 1.29 is 14.7 Å². The molecule has 0 aromatic carbocycles. The lowest BCUT2D eigenvalue weighted by Gasteiger charge is -2.20. The molecule has 0 bridgehead atoms. The highest BCUT2D eigenvalue weighted by Gasteiger charge is 2.13. The van der Waals surface area contributed by atoms with Gasteiger partial charge in [-0.05, 0) is 20.8 Å². The summed E-state index contributed by atoms with van der Waals surface area (Å²) in [4.78, 5) is 26.2. The number of carbonyl (C=O) groups is 2. The molecule has 1 aromatic heterocycles. The predicted octanol–water partition coefficient (Wildman–Crippen LogP) is 1.56. The number of thiazole rings is 1. The highest BCUT2D eigenvalue weighted by atomic mass is 32.1. The van der Waals surface area contributed by atoms with Crippen LogP contribution in [0.1, 0.15) is 36.9 Å². The lowest BCUT2D eigenvalue weighted by atomic mass is 10.1. The lowest BCUT2D eigenvalue weighted by Crippen LogP contribution is -2.41. The van der Waals surface area contributed by atoms with E-state index in [1.165, 1.54) is 6.20 Å². The number of carboxylic acid groups (broad SMARTS) is 1. The fourth-order valence-electron chi connectivity index (χ4n) is 1.22. The summed E-state index contributed by atoms with van der Waals surface area (Å²) < 4.78 is 0. The molecule has 3 N–H and O–H groups in total. The van der Waals surface area contributed by atoms with Crippen molar-refractivity contribution in [3.8, 4) is 0 Å². The van der Waals surface area contributed by atoms with Gasteiger partial charge in [-0.2, -0.15) is 0 Å². The third-order valence-electron chi connectivity index (χ3n) is 1.86. The second-order valence-corrected chi connectivity index (χ2v) is 5.84. The first-order valence-corrected chi connectivity index (χ1v) is 6.33. The van der Waals surface area contributed by atoms with Crippen molar-refractivity contribution in [3.05, 3.63) is 11.1 Å². The molecule has 0 atom stereocenters. The fraction of sp³-hybridized carbons (Fsp3) is 0.545. The van der Waals surface area contributed by atoms with Crippen molar-refractivity contribution in [1.29, 1.82) is 0 Å². The average Bonchev–Trinajstić information content (AvgIpc) is 2.63. The van der Waals surface area contributed by atoms with Crippen molar-refractivity contribution in [3.63, 3.8) is 0 Å². The van der Waals surface area contributed by atoms with Crippen molar-refractivity contribution >= 4 is 28.3 Å². The molecule has 0 aliphatic carbocycles. The summed E-state index contributed by atoms with van der Waals surface area (Å²) in [5, 5.41) is 15.0. The number of nitrogens with zero attached hydrogens (tertiary/aromatic N) is 1. The molecular formula is C11H17N3O3S. The Balaban J connectivity index is 2.33. The first-order valence-electron chi connectivity index (χ1n) is 5.52. The highest BCUT2D eigenvalue weighted by Crippen LogP contribution is 2.17. The first kappa shape index (κ1) is 14.4. The van der Waals surface area contributed by atoms with Crippen LogP contribution in [0.3, 0.4) is 0 Å². The summed E-state index contributed by atoms with van der Waals surface area (Å²) >= 11 is 1.05. The lowest BCUT2D eigenvalue weighted by molar-refractivity contribution is -0.122. The zero-order valence-corrected chi connectivity index (χ0v) is 11.4. The van der Waals surface area contributed by atoms with E-state index in [1.54, 1.807) is 0 Å². The summed E-state index contributed by atoms with van der Waals surface area (Å²) in [6.07, 6.45) is 1.61. The minimum atomic E-state index is -0.994. The second-order valence-electron chi connectivity index (χ2n) is 4.81. The first-order chi connectivity index (χ1) is 8.28. The van der Waals surface area contributed by atoms with Crippen LogP contribution in [0, 0.1) is 0 Å². The Morgan fingerprint density at radius 1 is 1.44 bits per heavy atom. The molecule has 0 aliphatic rings. The Morgan fingerprint density at radius 2 is 2.11 bits per heavy atom. The van der Waals surface area contributed by atoms with Crippen molar-refractivity contribution in [1.82, 2.24) is 10.3 Å². The van der Waals surface area contributed by atoms with Gasteiger partial charge in [0.05, 0.1) is 6.20 Å². The molecule has 0 fully saturated rings. The summed E-state index contributed by atoms with van der Waals surface area (Å²) in [7, 11) is 0. The smallest absolute Gasteiger partial charge is 0.347 e. The average molecular weight is 271 g/mol. The van der Waals surface area contributed by atoms with E-state index in [0.717, 1.165) is 11.3 Å². The third kappa shape index (κ3) is 5.13. The number of hydrogen-bond acceptors (Lipinski definition) is 5. The Kier molecular flexibility index (Phi) is 4.66. The van der Waals surface area contributed by atoms with E-state index in [2.05, 4.69) is 15.6 Å². The van der Waals surface area contributed by atoms with Gasteiger partial charge >= 0.3 is 5.97 Å². The van der Waals surface area contributed by atoms with E-state index < -0.39 is 5.97 Å². The van der Waals surface area contributed by atoms with Gasteiger partial charge in [0.15, 0.2) is 5.13 Å². The number of nitrogens with one attached hydrogen (secondary N) is 2. The minimum Gasteiger partial charge on any atom is -0.477 e. The molecule has 0 saturated carbocycles. The van der Waals surface area contributed by atoms with Gasteiger partial charge in [0.1, 0.15) is 4.88 Å². The molecule has 0 radical (unpaired) electrons. The van der Waals surface area contributed by atoms with Gasteiger partial charge < -0.3 is 15.7 Å². The van der Waals surface area contributed by atoms with Crippen molar-refractivity contribution in [2.45, 2.75) is 32.7 Å². The van der Waals surface area contributed by atoms with E-state index in [1.807, 2.05) is 20.8 Å². The van der Waals surface area contributed by atoms with Crippen molar-refractivity contribution in [2.75, 3.05) is 11.9 Å². The van der Waals surface area contributed by atoms with E-state index in [4.69, 9.17) is 5.11 Å². The molecule has 1 heterocycles. The van der Waals surface area contributed by atoms with Crippen molar-refractivity contribution in [2.24, 2.45) is 0 Å². The minimum absolute atomic E-state index is 0.0509. The van der Waals surface area contributed by atoms with Crippen LogP contribution in [-0.2, 0) is 4.79 Å². The maximum Gasteiger partial charge on any atom is 0.347 e. The fourth-order valence-corrected chi connectivity index (χ4v) is 1.90. The molecule has 100 valence electrons. The van der Waals surface area contributed by atoms with E-state index in [9.17, 15) is 9.59 Å². The summed E-state index contributed by atoms with van der Waals surface area (Å²) in [6.45, 7) is 6.17. The molecule has 6 nitrogen and oxygen atoms in total.